The van der Waals surface area contributed by atoms with Gasteiger partial charge in [0.05, 0.1) is 25.1 Å². The normalized spacial score (nSPS) is 11.7. The summed E-state index contributed by atoms with van der Waals surface area (Å²) < 4.78 is 36.6. The standard InChI is InChI=1S/C8H10F3N3O2/c9-8(10,11)3-4-14-5-6(12-13-14)1-2-7(15)16/h5H,1-4H2,(H,15,16). The maximum atomic E-state index is 11.9. The van der Waals surface area contributed by atoms with Gasteiger partial charge >= 0.3 is 12.1 Å². The summed E-state index contributed by atoms with van der Waals surface area (Å²) in [5.41, 5.74) is 0.379. The number of carboxylic acids is 1. The molecule has 5 nitrogen and oxygen atoms in total. The minimum Gasteiger partial charge on any atom is -0.481 e. The molecule has 0 aromatic carbocycles. The van der Waals surface area contributed by atoms with E-state index in [0.717, 1.165) is 4.68 Å². The third-order valence-electron chi connectivity index (χ3n) is 1.81. The summed E-state index contributed by atoms with van der Waals surface area (Å²) in [4.78, 5) is 10.2. The molecule has 1 aromatic heterocycles. The first-order valence-corrected chi connectivity index (χ1v) is 4.54. The third-order valence-corrected chi connectivity index (χ3v) is 1.81. The molecule has 0 unspecified atom stereocenters. The van der Waals surface area contributed by atoms with Gasteiger partial charge in [-0.25, -0.2) is 0 Å². The lowest BCUT2D eigenvalue weighted by molar-refractivity contribution is -0.138. The lowest BCUT2D eigenvalue weighted by atomic mass is 10.2. The summed E-state index contributed by atoms with van der Waals surface area (Å²) in [6.45, 7) is -0.302. The Hall–Kier alpha value is -1.60. The highest BCUT2D eigenvalue weighted by molar-refractivity contribution is 5.66. The molecule has 0 spiro atoms. The van der Waals surface area contributed by atoms with E-state index in [1.807, 2.05) is 0 Å². The summed E-state index contributed by atoms with van der Waals surface area (Å²) in [5.74, 6) is -0.982. The van der Waals surface area contributed by atoms with Crippen LogP contribution in [0, 0.1) is 0 Å². The lowest BCUT2D eigenvalue weighted by Crippen LogP contribution is -2.12. The second kappa shape index (κ2) is 4.95. The van der Waals surface area contributed by atoms with Crippen molar-refractivity contribution in [1.82, 2.24) is 15.0 Å². The molecule has 0 aliphatic rings. The van der Waals surface area contributed by atoms with E-state index in [4.69, 9.17) is 5.11 Å². The van der Waals surface area contributed by atoms with E-state index < -0.39 is 18.6 Å². The van der Waals surface area contributed by atoms with Crippen molar-refractivity contribution in [2.24, 2.45) is 0 Å². The van der Waals surface area contributed by atoms with Crippen LogP contribution in [0.15, 0.2) is 6.20 Å². The molecule has 1 N–H and O–H groups in total. The maximum Gasteiger partial charge on any atom is 0.390 e. The van der Waals surface area contributed by atoms with Crippen LogP contribution in [0.2, 0.25) is 0 Å². The molecule has 16 heavy (non-hydrogen) atoms. The Morgan fingerprint density at radius 1 is 1.50 bits per heavy atom. The average Bonchev–Trinajstić information content (AvgIpc) is 2.58. The Morgan fingerprint density at radius 3 is 2.75 bits per heavy atom. The number of nitrogens with zero attached hydrogens (tertiary/aromatic N) is 3. The predicted octanol–water partition coefficient (Wildman–Crippen LogP) is 1.25. The molecular formula is C8H10F3N3O2. The van der Waals surface area contributed by atoms with Crippen LogP contribution >= 0.6 is 0 Å². The van der Waals surface area contributed by atoms with E-state index >= 15 is 0 Å². The fourth-order valence-electron chi connectivity index (χ4n) is 1.04. The molecule has 0 radical (unpaired) electrons. The zero-order chi connectivity index (χ0) is 12.2. The molecule has 0 bridgehead atoms. The van der Waals surface area contributed by atoms with Crippen molar-refractivity contribution < 1.29 is 23.1 Å². The van der Waals surface area contributed by atoms with Crippen molar-refractivity contribution in [3.8, 4) is 0 Å². The zero-order valence-electron chi connectivity index (χ0n) is 8.24. The quantitative estimate of drug-likeness (QED) is 0.836. The van der Waals surface area contributed by atoms with Crippen molar-refractivity contribution in [3.63, 3.8) is 0 Å². The van der Waals surface area contributed by atoms with Gasteiger partial charge in [-0.1, -0.05) is 5.21 Å². The van der Waals surface area contributed by atoms with Crippen LogP contribution < -0.4 is 0 Å². The molecule has 1 aromatic rings. The third kappa shape index (κ3) is 4.76. The van der Waals surface area contributed by atoms with E-state index in [0.29, 0.717) is 5.69 Å². The van der Waals surface area contributed by atoms with Crippen LogP contribution in [-0.2, 0) is 17.8 Å². The molecule has 0 fully saturated rings. The van der Waals surface area contributed by atoms with Gasteiger partial charge in [0.25, 0.3) is 0 Å². The Labute approximate surface area is 88.9 Å². The monoisotopic (exact) mass is 237 g/mol. The molecule has 0 amide bonds. The fraction of sp³-hybridized carbons (Fsp3) is 0.625. The van der Waals surface area contributed by atoms with Crippen LogP contribution in [0.1, 0.15) is 18.5 Å². The first kappa shape index (κ1) is 12.5. The zero-order valence-corrected chi connectivity index (χ0v) is 8.24. The molecule has 8 heteroatoms. The average molecular weight is 237 g/mol. The summed E-state index contributed by atoms with van der Waals surface area (Å²) >= 11 is 0. The number of carboxylic acid groups (broad SMARTS) is 1. The van der Waals surface area contributed by atoms with E-state index in [-0.39, 0.29) is 19.4 Å². The highest BCUT2D eigenvalue weighted by atomic mass is 19.4. The smallest absolute Gasteiger partial charge is 0.390 e. The molecule has 1 rings (SSSR count). The van der Waals surface area contributed by atoms with Gasteiger partial charge in [-0.05, 0) is 0 Å². The van der Waals surface area contributed by atoms with E-state index in [1.165, 1.54) is 6.20 Å². The van der Waals surface area contributed by atoms with Gasteiger partial charge in [0.1, 0.15) is 0 Å². The molecule has 90 valence electrons. The minimum atomic E-state index is -4.23. The predicted molar refractivity (Wildman–Crippen MR) is 46.7 cm³/mol. The molecule has 1 heterocycles. The summed E-state index contributed by atoms with van der Waals surface area (Å²) in [5, 5.41) is 15.4. The van der Waals surface area contributed by atoms with E-state index in [1.54, 1.807) is 0 Å². The maximum absolute atomic E-state index is 11.9. The largest absolute Gasteiger partial charge is 0.481 e. The first-order valence-electron chi connectivity index (χ1n) is 4.54. The van der Waals surface area contributed by atoms with Crippen LogP contribution in [-0.4, -0.2) is 32.2 Å². The fourth-order valence-corrected chi connectivity index (χ4v) is 1.04. The van der Waals surface area contributed by atoms with Gasteiger partial charge in [0.2, 0.25) is 0 Å². The van der Waals surface area contributed by atoms with E-state index in [2.05, 4.69) is 10.3 Å². The molecule has 0 aliphatic carbocycles. The SMILES string of the molecule is O=C(O)CCc1cn(CCC(F)(F)F)nn1. The van der Waals surface area contributed by atoms with Crippen LogP contribution in [0.4, 0.5) is 13.2 Å². The summed E-state index contributed by atoms with van der Waals surface area (Å²) in [6, 6.07) is 0. The Balaban J connectivity index is 2.42. The van der Waals surface area contributed by atoms with Crippen molar-refractivity contribution in [2.75, 3.05) is 0 Å². The summed E-state index contributed by atoms with van der Waals surface area (Å²) in [6.07, 6.45) is -3.82. The Morgan fingerprint density at radius 2 is 2.19 bits per heavy atom. The van der Waals surface area contributed by atoms with Crippen molar-refractivity contribution in [1.29, 1.82) is 0 Å². The number of hydrogen-bond acceptors (Lipinski definition) is 3. The van der Waals surface area contributed by atoms with Crippen molar-refractivity contribution in [2.45, 2.75) is 32.0 Å². The molecule has 0 saturated heterocycles. The Bertz CT molecular complexity index is 362. The van der Waals surface area contributed by atoms with Gasteiger partial charge in [0, 0.05) is 12.6 Å². The second-order valence-electron chi connectivity index (χ2n) is 3.23. The molecule has 0 atom stereocenters. The van der Waals surface area contributed by atoms with Gasteiger partial charge < -0.3 is 5.11 Å². The van der Waals surface area contributed by atoms with Crippen LogP contribution in [0.5, 0.6) is 0 Å². The highest BCUT2D eigenvalue weighted by Crippen LogP contribution is 2.19. The molecule has 0 saturated carbocycles. The molecular weight excluding hydrogens is 227 g/mol. The number of hydrogen-bond donors (Lipinski definition) is 1. The van der Waals surface area contributed by atoms with Gasteiger partial charge in [-0.3, -0.25) is 9.48 Å². The van der Waals surface area contributed by atoms with Crippen molar-refractivity contribution >= 4 is 5.97 Å². The number of halogens is 3. The number of aromatic nitrogens is 3. The number of alkyl halides is 3. The first-order chi connectivity index (χ1) is 7.37. The number of aryl methyl sites for hydroxylation is 2. The number of aliphatic carboxylic acids is 1. The lowest BCUT2D eigenvalue weighted by Gasteiger charge is -2.04. The highest BCUT2D eigenvalue weighted by Gasteiger charge is 2.26. The number of rotatable bonds is 5. The van der Waals surface area contributed by atoms with Gasteiger partial charge in [-0.15, -0.1) is 5.10 Å². The van der Waals surface area contributed by atoms with Gasteiger partial charge in [0.15, 0.2) is 0 Å². The molecule has 0 aliphatic heterocycles. The van der Waals surface area contributed by atoms with E-state index in [9.17, 15) is 18.0 Å². The number of carbonyl (C=O) groups is 1. The Kier molecular flexibility index (Phi) is 3.86. The van der Waals surface area contributed by atoms with Crippen LogP contribution in [0.25, 0.3) is 0 Å². The minimum absolute atomic E-state index is 0.113. The second-order valence-corrected chi connectivity index (χ2v) is 3.23. The van der Waals surface area contributed by atoms with Crippen molar-refractivity contribution in [3.05, 3.63) is 11.9 Å². The van der Waals surface area contributed by atoms with Gasteiger partial charge in [-0.2, -0.15) is 13.2 Å². The van der Waals surface area contributed by atoms with Crippen LogP contribution in [0.3, 0.4) is 0 Å². The topological polar surface area (TPSA) is 68.0 Å². The summed E-state index contributed by atoms with van der Waals surface area (Å²) in [7, 11) is 0.